The van der Waals surface area contributed by atoms with Gasteiger partial charge in [-0.15, -0.1) is 0 Å². The molecule has 30 heavy (non-hydrogen) atoms. The molecule has 10 nitrogen and oxygen atoms in total. The van der Waals surface area contributed by atoms with Crippen molar-refractivity contribution in [3.05, 3.63) is 68.6 Å². The molecule has 0 fully saturated rings. The lowest BCUT2D eigenvalue weighted by Crippen LogP contribution is -2.38. The number of pyridine rings is 1. The van der Waals surface area contributed by atoms with Gasteiger partial charge >= 0.3 is 6.09 Å². The van der Waals surface area contributed by atoms with E-state index in [2.05, 4.69) is 15.4 Å². The number of nitrogens with zero attached hydrogens (tertiary/aromatic N) is 1. The van der Waals surface area contributed by atoms with Crippen LogP contribution >= 0.6 is 11.6 Å². The van der Waals surface area contributed by atoms with E-state index in [1.165, 1.54) is 12.1 Å². The predicted octanol–water partition coefficient (Wildman–Crippen LogP) is 0.249. The molecule has 160 valence electrons. The van der Waals surface area contributed by atoms with Crippen LogP contribution in [0.4, 0.5) is 4.79 Å². The number of aromatic nitrogens is 1. The summed E-state index contributed by atoms with van der Waals surface area (Å²) in [4.78, 5) is 48.0. The molecule has 1 aromatic carbocycles. The fraction of sp³-hybridized carbons (Fsp3) is 0.263. The average Bonchev–Trinajstić information content (AvgIpc) is 2.71. The number of benzene rings is 1. The number of aliphatic hydroxyl groups is 1. The molecule has 0 saturated heterocycles. The Morgan fingerprint density at radius 3 is 2.40 bits per heavy atom. The molecule has 1 aromatic heterocycles. The third kappa shape index (κ3) is 6.33. The average molecular weight is 437 g/mol. The van der Waals surface area contributed by atoms with Crippen molar-refractivity contribution in [1.82, 2.24) is 15.2 Å². The van der Waals surface area contributed by atoms with Crippen molar-refractivity contribution in [3.8, 4) is 0 Å². The molecule has 0 aliphatic rings. The first kappa shape index (κ1) is 22.9. The third-order valence-corrected chi connectivity index (χ3v) is 4.23. The number of hydrogen-bond donors (Lipinski definition) is 4. The highest BCUT2D eigenvalue weighted by Gasteiger charge is 2.18. The zero-order valence-corrected chi connectivity index (χ0v) is 16.6. The van der Waals surface area contributed by atoms with Gasteiger partial charge in [0.25, 0.3) is 17.4 Å². The number of primary amides is 1. The molecule has 2 aromatic rings. The number of nitrogens with one attached hydrogen (secondary N) is 2. The number of aliphatic hydroxyl groups excluding tert-OH is 1. The normalized spacial score (nSPS) is 10.3. The van der Waals surface area contributed by atoms with Crippen molar-refractivity contribution in [2.45, 2.75) is 13.1 Å². The van der Waals surface area contributed by atoms with Gasteiger partial charge in [-0.25, -0.2) is 4.79 Å². The van der Waals surface area contributed by atoms with Gasteiger partial charge in [0.15, 0.2) is 0 Å². The highest BCUT2D eigenvalue weighted by Crippen LogP contribution is 2.09. The quantitative estimate of drug-likeness (QED) is 0.413. The second-order valence-electron chi connectivity index (χ2n) is 6.05. The number of carbonyl (C=O) groups excluding carboxylic acids is 3. The highest BCUT2D eigenvalue weighted by atomic mass is 35.5. The molecular weight excluding hydrogens is 416 g/mol. The lowest BCUT2D eigenvalue weighted by atomic mass is 10.2. The molecule has 1 heterocycles. The number of rotatable bonds is 9. The molecule has 0 aliphatic carbocycles. The van der Waals surface area contributed by atoms with Crippen LogP contribution in [0.2, 0.25) is 5.02 Å². The van der Waals surface area contributed by atoms with Crippen molar-refractivity contribution in [1.29, 1.82) is 0 Å². The van der Waals surface area contributed by atoms with Crippen molar-refractivity contribution in [3.63, 3.8) is 0 Å². The van der Waals surface area contributed by atoms with Gasteiger partial charge in [0.05, 0.1) is 13.2 Å². The van der Waals surface area contributed by atoms with E-state index in [9.17, 15) is 24.3 Å². The van der Waals surface area contributed by atoms with Crippen LogP contribution in [-0.2, 0) is 17.8 Å². The number of halogens is 1. The van der Waals surface area contributed by atoms with E-state index in [1.54, 1.807) is 24.3 Å². The Hall–Kier alpha value is -3.37. The van der Waals surface area contributed by atoms with Crippen LogP contribution in [-0.4, -0.2) is 47.3 Å². The molecule has 3 amide bonds. The summed E-state index contributed by atoms with van der Waals surface area (Å²) in [6.07, 6.45) is -0.976. The standard InChI is InChI=1S/C19H21ClN4O6/c20-13-3-1-12(2-4-13)11-23-16(26)14-5-6-15(24(8-9-25)18(14)28)17(27)22-7-10-30-19(21)29/h1-6,25H,7-11H2,(H2,21,29)(H,22,27)(H,23,26). The SMILES string of the molecule is NC(=O)OCCNC(=O)c1ccc(C(=O)NCc2ccc(Cl)cc2)c(=O)n1CCO. The first-order valence-electron chi connectivity index (χ1n) is 8.91. The molecule has 0 radical (unpaired) electrons. The summed E-state index contributed by atoms with van der Waals surface area (Å²) in [7, 11) is 0. The lowest BCUT2D eigenvalue weighted by molar-refractivity contribution is 0.0917. The predicted molar refractivity (Wildman–Crippen MR) is 108 cm³/mol. The second-order valence-corrected chi connectivity index (χ2v) is 6.48. The minimum Gasteiger partial charge on any atom is -0.448 e. The first-order valence-corrected chi connectivity index (χ1v) is 9.29. The van der Waals surface area contributed by atoms with Gasteiger partial charge in [0.1, 0.15) is 17.9 Å². The number of ether oxygens (including phenoxy) is 1. The number of hydrogen-bond acceptors (Lipinski definition) is 6. The summed E-state index contributed by atoms with van der Waals surface area (Å²) in [5, 5.41) is 14.9. The summed E-state index contributed by atoms with van der Waals surface area (Å²) in [6, 6.07) is 9.38. The summed E-state index contributed by atoms with van der Waals surface area (Å²) < 4.78 is 5.51. The minimum absolute atomic E-state index is 0.0293. The molecule has 0 aliphatic heterocycles. The van der Waals surface area contributed by atoms with Gasteiger partial charge < -0.3 is 30.8 Å². The van der Waals surface area contributed by atoms with E-state index < -0.39 is 30.1 Å². The van der Waals surface area contributed by atoms with E-state index in [0.717, 1.165) is 10.1 Å². The van der Waals surface area contributed by atoms with Crippen molar-refractivity contribution >= 4 is 29.5 Å². The molecule has 2 rings (SSSR count). The monoisotopic (exact) mass is 436 g/mol. The molecule has 0 atom stereocenters. The zero-order valence-electron chi connectivity index (χ0n) is 15.9. The number of nitrogens with two attached hydrogens (primary N) is 1. The Bertz CT molecular complexity index is 974. The molecular formula is C19H21ClN4O6. The third-order valence-electron chi connectivity index (χ3n) is 3.97. The lowest BCUT2D eigenvalue weighted by Gasteiger charge is -2.14. The van der Waals surface area contributed by atoms with E-state index in [0.29, 0.717) is 5.02 Å². The fourth-order valence-electron chi connectivity index (χ4n) is 2.56. The Balaban J connectivity index is 2.13. The van der Waals surface area contributed by atoms with Crippen LogP contribution in [0.3, 0.4) is 0 Å². The number of carbonyl (C=O) groups is 3. The fourth-order valence-corrected chi connectivity index (χ4v) is 2.68. The maximum absolute atomic E-state index is 12.7. The minimum atomic E-state index is -0.976. The van der Waals surface area contributed by atoms with E-state index >= 15 is 0 Å². The van der Waals surface area contributed by atoms with E-state index in [4.69, 9.17) is 17.3 Å². The van der Waals surface area contributed by atoms with Crippen molar-refractivity contribution in [2.24, 2.45) is 5.73 Å². The molecule has 0 spiro atoms. The van der Waals surface area contributed by atoms with E-state index in [1.807, 2.05) is 0 Å². The number of amides is 3. The van der Waals surface area contributed by atoms with Gasteiger partial charge in [0, 0.05) is 18.1 Å². The summed E-state index contributed by atoms with van der Waals surface area (Å²) in [5.41, 5.74) is 4.66. The summed E-state index contributed by atoms with van der Waals surface area (Å²) in [6.45, 7) is -0.592. The van der Waals surface area contributed by atoms with Crippen LogP contribution < -0.4 is 21.9 Å². The van der Waals surface area contributed by atoms with Crippen LogP contribution in [0, 0.1) is 0 Å². The van der Waals surface area contributed by atoms with Crippen molar-refractivity contribution < 1.29 is 24.2 Å². The van der Waals surface area contributed by atoms with Crippen LogP contribution in [0.1, 0.15) is 26.4 Å². The maximum atomic E-state index is 12.7. The van der Waals surface area contributed by atoms with Gasteiger partial charge in [-0.05, 0) is 29.8 Å². The molecule has 5 N–H and O–H groups in total. The smallest absolute Gasteiger partial charge is 0.404 e. The second kappa shape index (κ2) is 11.0. The molecule has 0 saturated carbocycles. The Morgan fingerprint density at radius 2 is 1.77 bits per heavy atom. The maximum Gasteiger partial charge on any atom is 0.404 e. The van der Waals surface area contributed by atoms with Gasteiger partial charge in [-0.1, -0.05) is 23.7 Å². The summed E-state index contributed by atoms with van der Waals surface area (Å²) in [5.74, 6) is -1.26. The van der Waals surface area contributed by atoms with Gasteiger partial charge in [0.2, 0.25) is 0 Å². The Labute approximate surface area is 176 Å². The van der Waals surface area contributed by atoms with Crippen LogP contribution in [0.25, 0.3) is 0 Å². The topological polar surface area (TPSA) is 153 Å². The summed E-state index contributed by atoms with van der Waals surface area (Å²) >= 11 is 5.82. The van der Waals surface area contributed by atoms with Crippen LogP contribution in [0.15, 0.2) is 41.2 Å². The molecule has 0 unspecified atom stereocenters. The molecule has 0 bridgehead atoms. The van der Waals surface area contributed by atoms with E-state index in [-0.39, 0.29) is 37.5 Å². The Morgan fingerprint density at radius 1 is 1.07 bits per heavy atom. The Kier molecular flexibility index (Phi) is 8.39. The van der Waals surface area contributed by atoms with Gasteiger partial charge in [-0.3, -0.25) is 14.4 Å². The van der Waals surface area contributed by atoms with Crippen molar-refractivity contribution in [2.75, 3.05) is 19.8 Å². The first-order chi connectivity index (χ1) is 14.3. The highest BCUT2D eigenvalue weighted by molar-refractivity contribution is 6.30. The van der Waals surface area contributed by atoms with Gasteiger partial charge in [-0.2, -0.15) is 0 Å². The molecule has 11 heteroatoms. The largest absolute Gasteiger partial charge is 0.448 e. The van der Waals surface area contributed by atoms with Crippen LogP contribution in [0.5, 0.6) is 0 Å². The zero-order chi connectivity index (χ0) is 22.1.